The van der Waals surface area contributed by atoms with Gasteiger partial charge in [0.1, 0.15) is 0 Å². The monoisotopic (exact) mass is 128 g/mol. The van der Waals surface area contributed by atoms with Crippen molar-refractivity contribution >= 4 is 7.32 Å². The van der Waals surface area contributed by atoms with Crippen molar-refractivity contribution in [2.24, 2.45) is 0 Å². The van der Waals surface area contributed by atoms with Gasteiger partial charge in [0.2, 0.25) is 0 Å². The summed E-state index contributed by atoms with van der Waals surface area (Å²) in [6.07, 6.45) is 4.75. The first kappa shape index (κ1) is 6.64. The minimum absolute atomic E-state index is 0.699. The first-order valence-electron chi connectivity index (χ1n) is 3.01. The van der Waals surface area contributed by atoms with Crippen molar-refractivity contribution in [3.8, 4) is 0 Å². The van der Waals surface area contributed by atoms with Crippen molar-refractivity contribution in [1.29, 1.82) is 0 Å². The summed E-state index contributed by atoms with van der Waals surface area (Å²) in [5.41, 5.74) is 0. The third-order valence-corrected chi connectivity index (χ3v) is 1.26. The second kappa shape index (κ2) is 2.89. The molecule has 4 heteroatoms. The van der Waals surface area contributed by atoms with Crippen LogP contribution in [0.3, 0.4) is 0 Å². The van der Waals surface area contributed by atoms with E-state index in [0.717, 1.165) is 19.3 Å². The van der Waals surface area contributed by atoms with Crippen LogP contribution in [0.25, 0.3) is 0 Å². The zero-order valence-corrected chi connectivity index (χ0v) is 5.08. The van der Waals surface area contributed by atoms with Gasteiger partial charge in [0.25, 0.3) is 0 Å². The minimum Gasteiger partial charge on any atom is -0.516 e. The molecule has 3 nitrogen and oxygen atoms in total. The molecule has 0 saturated heterocycles. The number of rotatable bonds is 2. The van der Waals surface area contributed by atoms with E-state index in [2.05, 4.69) is 4.65 Å². The molecule has 0 unspecified atom stereocenters. The normalized spacial score (nSPS) is 17.3. The lowest BCUT2D eigenvalue weighted by molar-refractivity contribution is 0.233. The molecule has 0 aromatic rings. The fourth-order valence-electron chi connectivity index (χ4n) is 0.884. The van der Waals surface area contributed by atoms with Crippen LogP contribution < -0.4 is 0 Å². The van der Waals surface area contributed by atoms with E-state index in [9.17, 15) is 0 Å². The average molecular weight is 128 g/mol. The summed E-state index contributed by atoms with van der Waals surface area (Å²) in [4.78, 5) is 0. The molecule has 0 saturated carbocycles. The van der Waals surface area contributed by atoms with E-state index in [1.54, 1.807) is 0 Å². The van der Waals surface area contributed by atoms with Crippen molar-refractivity contribution in [2.45, 2.75) is 19.3 Å². The van der Waals surface area contributed by atoms with Gasteiger partial charge in [-0.05, 0) is 18.9 Å². The topological polar surface area (TPSA) is 49.7 Å². The third kappa shape index (κ3) is 2.07. The molecule has 1 rings (SSSR count). The Labute approximate surface area is 54.1 Å². The number of hydrogen-bond donors (Lipinski definition) is 2. The smallest absolute Gasteiger partial charge is 0.516 e. The largest absolute Gasteiger partial charge is 0.707 e. The molecule has 1 aliphatic carbocycles. The Morgan fingerprint density at radius 1 is 1.56 bits per heavy atom. The Hall–Kier alpha value is -0.475. The first-order valence-corrected chi connectivity index (χ1v) is 3.01. The van der Waals surface area contributed by atoms with Gasteiger partial charge in [-0.3, -0.25) is 0 Å². The van der Waals surface area contributed by atoms with Gasteiger partial charge in [-0.2, -0.15) is 0 Å². The lowest BCUT2D eigenvalue weighted by Gasteiger charge is -2.02. The van der Waals surface area contributed by atoms with Crippen LogP contribution in [0.15, 0.2) is 11.8 Å². The molecule has 0 spiro atoms. The Kier molecular flexibility index (Phi) is 2.13. The third-order valence-electron chi connectivity index (χ3n) is 1.26. The molecule has 0 atom stereocenters. The van der Waals surface area contributed by atoms with Crippen LogP contribution in [0.1, 0.15) is 19.3 Å². The van der Waals surface area contributed by atoms with E-state index < -0.39 is 7.32 Å². The van der Waals surface area contributed by atoms with Gasteiger partial charge in [0, 0.05) is 6.42 Å². The summed E-state index contributed by atoms with van der Waals surface area (Å²) in [7, 11) is -1.64. The maximum atomic E-state index is 8.31. The second-order valence-electron chi connectivity index (χ2n) is 2.01. The molecule has 9 heavy (non-hydrogen) atoms. The Balaban J connectivity index is 2.26. The van der Waals surface area contributed by atoms with Gasteiger partial charge in [-0.15, -0.1) is 0 Å². The molecule has 0 heterocycles. The highest BCUT2D eigenvalue weighted by atomic mass is 16.6. The summed E-state index contributed by atoms with van der Waals surface area (Å²) >= 11 is 0. The van der Waals surface area contributed by atoms with Crippen LogP contribution in [0.5, 0.6) is 0 Å². The van der Waals surface area contributed by atoms with E-state index in [-0.39, 0.29) is 0 Å². The molecule has 0 aromatic heterocycles. The van der Waals surface area contributed by atoms with Crippen molar-refractivity contribution < 1.29 is 14.7 Å². The quantitative estimate of drug-likeness (QED) is 0.516. The van der Waals surface area contributed by atoms with Crippen molar-refractivity contribution in [1.82, 2.24) is 0 Å². The van der Waals surface area contributed by atoms with Gasteiger partial charge >= 0.3 is 7.32 Å². The summed E-state index contributed by atoms with van der Waals surface area (Å²) in [5, 5.41) is 16.6. The molecule has 1 aliphatic rings. The Morgan fingerprint density at radius 3 is 2.78 bits per heavy atom. The second-order valence-corrected chi connectivity index (χ2v) is 2.01. The van der Waals surface area contributed by atoms with Gasteiger partial charge in [-0.25, -0.2) is 0 Å². The highest BCUT2D eigenvalue weighted by Crippen LogP contribution is 2.17. The predicted molar refractivity (Wildman–Crippen MR) is 33.2 cm³/mol. The Bertz CT molecular complexity index is 121. The fourth-order valence-corrected chi connectivity index (χ4v) is 0.884. The minimum atomic E-state index is -1.64. The SMILES string of the molecule is OB(O)OC1=CCCC1. The first-order chi connectivity index (χ1) is 4.29. The standard InChI is InChI=1S/C5H9BO3/c7-6(8)9-5-3-1-2-4-5/h3,7-8H,1-2,4H2. The van der Waals surface area contributed by atoms with E-state index >= 15 is 0 Å². The fraction of sp³-hybridized carbons (Fsp3) is 0.600. The summed E-state index contributed by atoms with van der Waals surface area (Å²) in [6.45, 7) is 0. The van der Waals surface area contributed by atoms with Gasteiger partial charge in [0.15, 0.2) is 0 Å². The van der Waals surface area contributed by atoms with Crippen molar-refractivity contribution in [3.05, 3.63) is 11.8 Å². The van der Waals surface area contributed by atoms with E-state index in [1.807, 2.05) is 6.08 Å². The number of hydrogen-bond acceptors (Lipinski definition) is 3. The van der Waals surface area contributed by atoms with Crippen molar-refractivity contribution in [3.63, 3.8) is 0 Å². The number of allylic oxidation sites excluding steroid dienone is 2. The molecule has 50 valence electrons. The van der Waals surface area contributed by atoms with Crippen LogP contribution >= 0.6 is 0 Å². The van der Waals surface area contributed by atoms with Gasteiger partial charge < -0.3 is 14.7 Å². The molecule has 0 aliphatic heterocycles. The highest BCUT2D eigenvalue weighted by molar-refractivity contribution is 6.33. The highest BCUT2D eigenvalue weighted by Gasteiger charge is 2.14. The summed E-state index contributed by atoms with van der Waals surface area (Å²) in [5.74, 6) is 0.699. The van der Waals surface area contributed by atoms with E-state index in [1.165, 1.54) is 0 Å². The molecule has 0 bridgehead atoms. The molecule has 0 aromatic carbocycles. The average Bonchev–Trinajstić information content (AvgIpc) is 2.15. The predicted octanol–water partition coefficient (Wildman–Crippen LogP) is 0.0403. The molecule has 2 N–H and O–H groups in total. The van der Waals surface area contributed by atoms with E-state index in [0.29, 0.717) is 5.76 Å². The maximum absolute atomic E-state index is 8.31. The molecular formula is C5H9BO3. The van der Waals surface area contributed by atoms with Crippen LogP contribution in [-0.2, 0) is 4.65 Å². The zero-order valence-electron chi connectivity index (χ0n) is 5.08. The van der Waals surface area contributed by atoms with Crippen LogP contribution in [0, 0.1) is 0 Å². The van der Waals surface area contributed by atoms with Crippen LogP contribution in [0.2, 0.25) is 0 Å². The zero-order chi connectivity index (χ0) is 6.69. The van der Waals surface area contributed by atoms with Crippen LogP contribution in [-0.4, -0.2) is 17.4 Å². The van der Waals surface area contributed by atoms with Gasteiger partial charge in [0.05, 0.1) is 5.76 Å². The summed E-state index contributed by atoms with van der Waals surface area (Å²) in [6, 6.07) is 0. The molecule has 0 radical (unpaired) electrons. The lowest BCUT2D eigenvalue weighted by Crippen LogP contribution is -2.15. The molecular weight excluding hydrogens is 119 g/mol. The molecule has 0 fully saturated rings. The van der Waals surface area contributed by atoms with E-state index in [4.69, 9.17) is 10.0 Å². The van der Waals surface area contributed by atoms with Crippen molar-refractivity contribution in [2.75, 3.05) is 0 Å². The molecule has 0 amide bonds. The van der Waals surface area contributed by atoms with Crippen LogP contribution in [0.4, 0.5) is 0 Å². The maximum Gasteiger partial charge on any atom is 0.707 e. The summed E-state index contributed by atoms with van der Waals surface area (Å²) < 4.78 is 4.58. The van der Waals surface area contributed by atoms with Gasteiger partial charge in [-0.1, -0.05) is 0 Å². The Morgan fingerprint density at radius 2 is 2.33 bits per heavy atom. The lowest BCUT2D eigenvalue weighted by atomic mass is 10.2.